The molecule has 0 aliphatic heterocycles. The summed E-state index contributed by atoms with van der Waals surface area (Å²) >= 11 is 6.31. The zero-order valence-electron chi connectivity index (χ0n) is 11.2. The Kier molecular flexibility index (Phi) is 3.23. The van der Waals surface area contributed by atoms with Gasteiger partial charge in [-0.2, -0.15) is 0 Å². The number of fused-ring (bicyclic) bond motifs is 2. The van der Waals surface area contributed by atoms with Crippen molar-refractivity contribution in [3.8, 4) is 5.75 Å². The van der Waals surface area contributed by atoms with Crippen molar-refractivity contribution in [1.82, 2.24) is 4.98 Å². The van der Waals surface area contributed by atoms with Crippen molar-refractivity contribution in [2.75, 3.05) is 19.0 Å². The number of hydrogen-bond acceptors (Lipinski definition) is 3. The smallest absolute Gasteiger partial charge is 0.130 e. The van der Waals surface area contributed by atoms with E-state index in [1.807, 2.05) is 12.1 Å². The highest BCUT2D eigenvalue weighted by molar-refractivity contribution is 6.35. The summed E-state index contributed by atoms with van der Waals surface area (Å²) in [6.07, 6.45) is 3.28. The highest BCUT2D eigenvalue weighted by Crippen LogP contribution is 2.41. The van der Waals surface area contributed by atoms with Crippen LogP contribution in [0.1, 0.15) is 24.6 Å². The van der Waals surface area contributed by atoms with Crippen molar-refractivity contribution in [2.24, 2.45) is 0 Å². The Balaban J connectivity index is 2.40. The van der Waals surface area contributed by atoms with Crippen LogP contribution in [-0.4, -0.2) is 18.6 Å². The Bertz CT molecular complexity index is 640. The second kappa shape index (κ2) is 4.89. The summed E-state index contributed by atoms with van der Waals surface area (Å²) in [5, 5.41) is 5.17. The molecule has 3 nitrogen and oxygen atoms in total. The molecule has 100 valence electrons. The molecule has 0 atom stereocenters. The number of methoxy groups -OCH3 is 1. The van der Waals surface area contributed by atoms with Crippen molar-refractivity contribution >= 4 is 28.2 Å². The summed E-state index contributed by atoms with van der Waals surface area (Å²) in [5.74, 6) is 0.831. The quantitative estimate of drug-likeness (QED) is 0.925. The number of nitrogens with one attached hydrogen (secondary N) is 1. The van der Waals surface area contributed by atoms with E-state index in [9.17, 15) is 0 Å². The molecule has 0 bridgehead atoms. The van der Waals surface area contributed by atoms with Crippen LogP contribution >= 0.6 is 11.6 Å². The fourth-order valence-corrected chi connectivity index (χ4v) is 3.05. The highest BCUT2D eigenvalue weighted by Gasteiger charge is 2.22. The summed E-state index contributed by atoms with van der Waals surface area (Å²) in [5.41, 5.74) is 4.51. The van der Waals surface area contributed by atoms with Crippen LogP contribution in [0, 0.1) is 0 Å². The van der Waals surface area contributed by atoms with E-state index in [1.54, 1.807) is 7.11 Å². The zero-order valence-corrected chi connectivity index (χ0v) is 12.0. The molecule has 1 aliphatic rings. The number of benzene rings is 1. The van der Waals surface area contributed by atoms with Gasteiger partial charge in [-0.05, 0) is 43.9 Å². The lowest BCUT2D eigenvalue weighted by atomic mass is 10.1. The lowest BCUT2D eigenvalue weighted by molar-refractivity contribution is 0.420. The minimum Gasteiger partial charge on any atom is -0.496 e. The van der Waals surface area contributed by atoms with Gasteiger partial charge in [-0.1, -0.05) is 11.6 Å². The van der Waals surface area contributed by atoms with E-state index >= 15 is 0 Å². The van der Waals surface area contributed by atoms with Gasteiger partial charge in [0.2, 0.25) is 0 Å². The monoisotopic (exact) mass is 276 g/mol. The molecule has 0 radical (unpaired) electrons. The summed E-state index contributed by atoms with van der Waals surface area (Å²) < 4.78 is 5.49. The van der Waals surface area contributed by atoms with Gasteiger partial charge in [0.15, 0.2) is 0 Å². The fourth-order valence-electron chi connectivity index (χ4n) is 2.85. The number of rotatable bonds is 3. The first-order valence-electron chi connectivity index (χ1n) is 6.68. The normalized spacial score (nSPS) is 13.6. The van der Waals surface area contributed by atoms with Crippen molar-refractivity contribution in [3.63, 3.8) is 0 Å². The number of aromatic nitrogens is 1. The molecule has 0 saturated carbocycles. The molecule has 4 heteroatoms. The molecule has 1 aliphatic carbocycles. The van der Waals surface area contributed by atoms with Crippen molar-refractivity contribution in [1.29, 1.82) is 0 Å². The van der Waals surface area contributed by atoms with E-state index in [-0.39, 0.29) is 0 Å². The maximum absolute atomic E-state index is 6.31. The van der Waals surface area contributed by atoms with E-state index in [1.165, 1.54) is 11.3 Å². The van der Waals surface area contributed by atoms with Gasteiger partial charge in [0.25, 0.3) is 0 Å². The van der Waals surface area contributed by atoms with Gasteiger partial charge in [0.05, 0.1) is 28.7 Å². The Labute approximate surface area is 117 Å². The van der Waals surface area contributed by atoms with Crippen LogP contribution in [0.3, 0.4) is 0 Å². The highest BCUT2D eigenvalue weighted by atomic mass is 35.5. The Morgan fingerprint density at radius 3 is 2.95 bits per heavy atom. The number of anilines is 1. The second-order valence-electron chi connectivity index (χ2n) is 4.77. The molecule has 1 heterocycles. The zero-order chi connectivity index (χ0) is 13.4. The van der Waals surface area contributed by atoms with Gasteiger partial charge in [0.1, 0.15) is 5.75 Å². The average Bonchev–Trinajstić information content (AvgIpc) is 2.88. The molecule has 1 N–H and O–H groups in total. The molecule has 0 amide bonds. The number of pyridine rings is 1. The van der Waals surface area contributed by atoms with Gasteiger partial charge in [-0.3, -0.25) is 4.98 Å². The maximum atomic E-state index is 6.31. The van der Waals surface area contributed by atoms with Crippen LogP contribution < -0.4 is 10.1 Å². The Morgan fingerprint density at radius 2 is 2.21 bits per heavy atom. The molecule has 0 fully saturated rings. The SMILES string of the molecule is CCNc1c2c(nc3c(Cl)ccc(OC)c13)CCC2. The standard InChI is InChI=1S/C15H17ClN2O/c1-3-17-14-9-5-4-6-11(9)18-15-10(16)7-8-12(19-2)13(14)15/h7-8H,3-6H2,1-2H3,(H,17,18). The molecule has 2 aromatic rings. The van der Waals surface area contributed by atoms with E-state index < -0.39 is 0 Å². The molecule has 0 saturated heterocycles. The Morgan fingerprint density at radius 1 is 1.37 bits per heavy atom. The molecule has 3 rings (SSSR count). The largest absolute Gasteiger partial charge is 0.496 e. The van der Waals surface area contributed by atoms with Crippen molar-refractivity contribution in [2.45, 2.75) is 26.2 Å². The first-order valence-corrected chi connectivity index (χ1v) is 7.05. The van der Waals surface area contributed by atoms with Crippen molar-refractivity contribution in [3.05, 3.63) is 28.4 Å². The first-order chi connectivity index (χ1) is 9.26. The molecule has 19 heavy (non-hydrogen) atoms. The number of halogens is 1. The van der Waals surface area contributed by atoms with E-state index in [0.717, 1.165) is 48.1 Å². The number of ether oxygens (including phenoxy) is 1. The molecule has 0 spiro atoms. The number of aryl methyl sites for hydroxylation is 1. The third-order valence-electron chi connectivity index (χ3n) is 3.65. The summed E-state index contributed by atoms with van der Waals surface area (Å²) in [7, 11) is 1.69. The fraction of sp³-hybridized carbons (Fsp3) is 0.400. The maximum Gasteiger partial charge on any atom is 0.130 e. The second-order valence-corrected chi connectivity index (χ2v) is 5.18. The van der Waals surface area contributed by atoms with Crippen LogP contribution in [0.4, 0.5) is 5.69 Å². The lowest BCUT2D eigenvalue weighted by Gasteiger charge is -2.16. The van der Waals surface area contributed by atoms with Gasteiger partial charge >= 0.3 is 0 Å². The minimum atomic E-state index is 0.685. The summed E-state index contributed by atoms with van der Waals surface area (Å²) in [6.45, 7) is 2.98. The van der Waals surface area contributed by atoms with E-state index in [2.05, 4.69) is 12.2 Å². The van der Waals surface area contributed by atoms with Gasteiger partial charge in [-0.25, -0.2) is 0 Å². The summed E-state index contributed by atoms with van der Waals surface area (Å²) in [4.78, 5) is 4.75. The van der Waals surface area contributed by atoms with Crippen LogP contribution in [0.15, 0.2) is 12.1 Å². The topological polar surface area (TPSA) is 34.2 Å². The van der Waals surface area contributed by atoms with E-state index in [0.29, 0.717) is 5.02 Å². The van der Waals surface area contributed by atoms with Crippen molar-refractivity contribution < 1.29 is 4.74 Å². The van der Waals surface area contributed by atoms with Crippen LogP contribution in [-0.2, 0) is 12.8 Å². The minimum absolute atomic E-state index is 0.685. The Hall–Kier alpha value is -1.48. The molecule has 1 aromatic heterocycles. The van der Waals surface area contributed by atoms with Gasteiger partial charge in [0, 0.05) is 12.2 Å². The van der Waals surface area contributed by atoms with Gasteiger partial charge in [-0.15, -0.1) is 0 Å². The third kappa shape index (κ3) is 1.93. The first kappa shape index (κ1) is 12.5. The predicted molar refractivity (Wildman–Crippen MR) is 79.5 cm³/mol. The average molecular weight is 277 g/mol. The van der Waals surface area contributed by atoms with Crippen LogP contribution in [0.5, 0.6) is 5.75 Å². The lowest BCUT2D eigenvalue weighted by Crippen LogP contribution is -2.04. The predicted octanol–water partition coefficient (Wildman–Crippen LogP) is 3.82. The molecule has 1 aromatic carbocycles. The van der Waals surface area contributed by atoms with Gasteiger partial charge < -0.3 is 10.1 Å². The third-order valence-corrected chi connectivity index (χ3v) is 3.96. The molecule has 0 unspecified atom stereocenters. The number of hydrogen-bond donors (Lipinski definition) is 1. The molecular formula is C15H17ClN2O. The van der Waals surface area contributed by atoms with Crippen LogP contribution in [0.25, 0.3) is 10.9 Å². The van der Waals surface area contributed by atoms with E-state index in [4.69, 9.17) is 21.3 Å². The number of nitrogens with zero attached hydrogens (tertiary/aromatic N) is 1. The molecular weight excluding hydrogens is 260 g/mol. The van der Waals surface area contributed by atoms with Crippen LogP contribution in [0.2, 0.25) is 5.02 Å². The summed E-state index contributed by atoms with van der Waals surface area (Å²) in [6, 6.07) is 3.77.